The molecule has 25 heavy (non-hydrogen) atoms. The van der Waals surface area contributed by atoms with Gasteiger partial charge in [0.1, 0.15) is 5.82 Å². The van der Waals surface area contributed by atoms with Crippen LogP contribution in [0.3, 0.4) is 0 Å². The summed E-state index contributed by atoms with van der Waals surface area (Å²) in [6.07, 6.45) is 1.91. The van der Waals surface area contributed by atoms with Gasteiger partial charge in [0, 0.05) is 13.1 Å². The molecule has 0 aliphatic carbocycles. The van der Waals surface area contributed by atoms with Gasteiger partial charge in [-0.2, -0.15) is 4.98 Å². The summed E-state index contributed by atoms with van der Waals surface area (Å²) < 4.78 is 24.9. The number of aromatic nitrogens is 2. The summed E-state index contributed by atoms with van der Waals surface area (Å²) in [5.74, 6) is 0.500. The maximum Gasteiger partial charge on any atom is 0.241 e. The van der Waals surface area contributed by atoms with E-state index in [4.69, 9.17) is 9.26 Å². The van der Waals surface area contributed by atoms with E-state index in [0.29, 0.717) is 37.0 Å². The van der Waals surface area contributed by atoms with Crippen molar-refractivity contribution in [2.45, 2.75) is 19.4 Å². The first-order valence-electron chi connectivity index (χ1n) is 8.68. The molecule has 0 bridgehead atoms. The monoisotopic (exact) mass is 348 g/mol. The highest BCUT2D eigenvalue weighted by Crippen LogP contribution is 2.22. The molecule has 1 saturated heterocycles. The number of benzene rings is 1. The molecule has 2 heterocycles. The topological polar surface area (TPSA) is 54.6 Å². The zero-order valence-corrected chi connectivity index (χ0v) is 14.9. The Morgan fingerprint density at radius 1 is 1.24 bits per heavy atom. The van der Waals surface area contributed by atoms with Crippen LogP contribution in [0.4, 0.5) is 4.39 Å². The third-order valence-corrected chi connectivity index (χ3v) is 4.27. The first kappa shape index (κ1) is 18.0. The van der Waals surface area contributed by atoms with Gasteiger partial charge in [-0.3, -0.25) is 4.90 Å². The lowest BCUT2D eigenvalue weighted by atomic mass is 10.1. The third-order valence-electron chi connectivity index (χ3n) is 4.27. The molecule has 1 aliphatic rings. The second-order valence-electron chi connectivity index (χ2n) is 6.62. The lowest BCUT2D eigenvalue weighted by Gasteiger charge is -2.24. The zero-order valence-electron chi connectivity index (χ0n) is 14.9. The molecule has 0 saturated carbocycles. The Bertz CT molecular complexity index is 683. The Morgan fingerprint density at radius 2 is 2.04 bits per heavy atom. The van der Waals surface area contributed by atoms with Gasteiger partial charge in [-0.25, -0.2) is 4.39 Å². The van der Waals surface area contributed by atoms with Crippen molar-refractivity contribution >= 4 is 0 Å². The minimum atomic E-state index is -0.324. The predicted octanol–water partition coefficient (Wildman–Crippen LogP) is 2.20. The lowest BCUT2D eigenvalue weighted by Crippen LogP contribution is -2.35. The molecule has 1 aliphatic heterocycles. The van der Waals surface area contributed by atoms with Crippen molar-refractivity contribution in [3.63, 3.8) is 0 Å². The number of halogens is 1. The zero-order chi connectivity index (χ0) is 17.6. The fourth-order valence-corrected chi connectivity index (χ4v) is 2.88. The molecule has 0 radical (unpaired) electrons. The van der Waals surface area contributed by atoms with Crippen LogP contribution in [0, 0.1) is 5.82 Å². The SMILES string of the molecule is CN(C)CCCc1ccc(F)c(-c2noc(CN3CCOCC3)n2)c1. The van der Waals surface area contributed by atoms with E-state index >= 15 is 0 Å². The van der Waals surface area contributed by atoms with E-state index in [9.17, 15) is 4.39 Å². The second kappa shape index (κ2) is 8.51. The van der Waals surface area contributed by atoms with Crippen LogP contribution in [0.2, 0.25) is 0 Å². The molecule has 1 aromatic heterocycles. The smallest absolute Gasteiger partial charge is 0.241 e. The van der Waals surface area contributed by atoms with Crippen molar-refractivity contribution in [3.8, 4) is 11.4 Å². The van der Waals surface area contributed by atoms with Crippen molar-refractivity contribution in [1.82, 2.24) is 19.9 Å². The molecule has 0 N–H and O–H groups in total. The summed E-state index contributed by atoms with van der Waals surface area (Å²) in [5.41, 5.74) is 1.48. The number of morpholine rings is 1. The molecule has 2 aromatic rings. The summed E-state index contributed by atoms with van der Waals surface area (Å²) in [7, 11) is 4.09. The van der Waals surface area contributed by atoms with Crippen LogP contribution >= 0.6 is 0 Å². The van der Waals surface area contributed by atoms with Crippen molar-refractivity contribution in [1.29, 1.82) is 0 Å². The third kappa shape index (κ3) is 5.07. The lowest BCUT2D eigenvalue weighted by molar-refractivity contribution is 0.0297. The largest absolute Gasteiger partial charge is 0.379 e. The van der Waals surface area contributed by atoms with Crippen LogP contribution in [0.1, 0.15) is 17.9 Å². The van der Waals surface area contributed by atoms with Crippen molar-refractivity contribution in [3.05, 3.63) is 35.5 Å². The van der Waals surface area contributed by atoms with E-state index in [-0.39, 0.29) is 5.82 Å². The number of aryl methyl sites for hydroxylation is 1. The first-order chi connectivity index (χ1) is 12.1. The highest BCUT2D eigenvalue weighted by molar-refractivity contribution is 5.56. The predicted molar refractivity (Wildman–Crippen MR) is 92.7 cm³/mol. The van der Waals surface area contributed by atoms with Gasteiger partial charge in [-0.1, -0.05) is 11.2 Å². The van der Waals surface area contributed by atoms with Gasteiger partial charge < -0.3 is 14.2 Å². The maximum absolute atomic E-state index is 14.2. The van der Waals surface area contributed by atoms with Gasteiger partial charge >= 0.3 is 0 Å². The van der Waals surface area contributed by atoms with Crippen LogP contribution < -0.4 is 0 Å². The summed E-state index contributed by atoms with van der Waals surface area (Å²) in [6.45, 7) is 4.68. The Hall–Kier alpha value is -1.83. The molecule has 6 nitrogen and oxygen atoms in total. The van der Waals surface area contributed by atoms with Gasteiger partial charge in [0.25, 0.3) is 0 Å². The Kier molecular flexibility index (Phi) is 6.12. The van der Waals surface area contributed by atoms with Crippen LogP contribution in [0.25, 0.3) is 11.4 Å². The van der Waals surface area contributed by atoms with Gasteiger partial charge in [-0.15, -0.1) is 0 Å². The fraction of sp³-hybridized carbons (Fsp3) is 0.556. The summed E-state index contributed by atoms with van der Waals surface area (Å²) in [4.78, 5) is 8.71. The average Bonchev–Trinajstić information content (AvgIpc) is 3.05. The molecule has 0 spiro atoms. The molecule has 3 rings (SSSR count). The number of nitrogens with zero attached hydrogens (tertiary/aromatic N) is 4. The Morgan fingerprint density at radius 3 is 2.80 bits per heavy atom. The van der Waals surface area contributed by atoms with E-state index in [1.54, 1.807) is 0 Å². The number of hydrogen-bond acceptors (Lipinski definition) is 6. The van der Waals surface area contributed by atoms with Crippen molar-refractivity contribution in [2.24, 2.45) is 0 Å². The molecule has 1 aromatic carbocycles. The maximum atomic E-state index is 14.2. The minimum Gasteiger partial charge on any atom is -0.379 e. The molecular weight excluding hydrogens is 323 g/mol. The average molecular weight is 348 g/mol. The number of hydrogen-bond donors (Lipinski definition) is 0. The van der Waals surface area contributed by atoms with Gasteiger partial charge in [0.15, 0.2) is 0 Å². The van der Waals surface area contributed by atoms with E-state index in [0.717, 1.165) is 38.0 Å². The highest BCUT2D eigenvalue weighted by atomic mass is 19.1. The highest BCUT2D eigenvalue weighted by Gasteiger charge is 2.17. The number of ether oxygens (including phenoxy) is 1. The normalized spacial score (nSPS) is 15.8. The molecule has 0 amide bonds. The van der Waals surface area contributed by atoms with Gasteiger partial charge in [0.2, 0.25) is 11.7 Å². The van der Waals surface area contributed by atoms with E-state index in [1.165, 1.54) is 6.07 Å². The Labute approximate surface area is 147 Å². The molecule has 7 heteroatoms. The fourth-order valence-electron chi connectivity index (χ4n) is 2.88. The van der Waals surface area contributed by atoms with Crippen molar-refractivity contribution in [2.75, 3.05) is 46.9 Å². The molecule has 0 unspecified atom stereocenters. The molecule has 0 atom stereocenters. The summed E-state index contributed by atoms with van der Waals surface area (Å²) >= 11 is 0. The van der Waals surface area contributed by atoms with Crippen molar-refractivity contribution < 1.29 is 13.7 Å². The molecular formula is C18H25FN4O2. The van der Waals surface area contributed by atoms with Crippen LogP contribution in [-0.4, -0.2) is 66.9 Å². The van der Waals surface area contributed by atoms with Gasteiger partial charge in [0.05, 0.1) is 25.3 Å². The second-order valence-corrected chi connectivity index (χ2v) is 6.62. The van der Waals surface area contributed by atoms with Crippen LogP contribution in [0.5, 0.6) is 0 Å². The summed E-state index contributed by atoms with van der Waals surface area (Å²) in [5, 5.41) is 3.97. The standard InChI is InChI=1S/C18H25FN4O2/c1-22(2)7-3-4-14-5-6-16(19)15(12-14)18-20-17(25-21-18)13-23-8-10-24-11-9-23/h5-6,12H,3-4,7-11,13H2,1-2H3. The van der Waals surface area contributed by atoms with E-state index < -0.39 is 0 Å². The van der Waals surface area contributed by atoms with Gasteiger partial charge in [-0.05, 0) is 51.2 Å². The molecule has 1 fully saturated rings. The van der Waals surface area contributed by atoms with E-state index in [2.05, 4.69) is 19.9 Å². The minimum absolute atomic E-state index is 0.315. The Balaban J connectivity index is 1.68. The first-order valence-corrected chi connectivity index (χ1v) is 8.68. The quantitative estimate of drug-likeness (QED) is 0.765. The molecule has 136 valence electrons. The van der Waals surface area contributed by atoms with Crippen LogP contribution in [-0.2, 0) is 17.7 Å². The summed E-state index contributed by atoms with van der Waals surface area (Å²) in [6, 6.07) is 5.13. The van der Waals surface area contributed by atoms with Crippen LogP contribution in [0.15, 0.2) is 22.7 Å². The van der Waals surface area contributed by atoms with E-state index in [1.807, 2.05) is 26.2 Å². The number of rotatable bonds is 7.